The number of thiazole rings is 1. The third kappa shape index (κ3) is 3.55. The summed E-state index contributed by atoms with van der Waals surface area (Å²) in [6.45, 7) is 2.55. The van der Waals surface area contributed by atoms with Crippen LogP contribution in [0.3, 0.4) is 0 Å². The predicted molar refractivity (Wildman–Crippen MR) is 61.8 cm³/mol. The van der Waals surface area contributed by atoms with Gasteiger partial charge < -0.3 is 10.1 Å². The smallest absolute Gasteiger partial charge is 0.183 e. The van der Waals surface area contributed by atoms with E-state index in [-0.39, 0.29) is 0 Å². The molecule has 1 heterocycles. The van der Waals surface area contributed by atoms with Gasteiger partial charge in [0.05, 0.1) is 6.61 Å². The van der Waals surface area contributed by atoms with Crippen LogP contribution < -0.4 is 5.32 Å². The quantitative estimate of drug-likeness (QED) is 0.812. The van der Waals surface area contributed by atoms with Gasteiger partial charge in [-0.15, -0.1) is 11.3 Å². The zero-order valence-corrected chi connectivity index (χ0v) is 10.2. The van der Waals surface area contributed by atoms with Crippen molar-refractivity contribution in [1.29, 1.82) is 0 Å². The van der Waals surface area contributed by atoms with Crippen molar-refractivity contribution in [3.05, 3.63) is 9.98 Å². The second-order valence-electron chi connectivity index (χ2n) is 3.42. The first-order valence-electron chi connectivity index (χ1n) is 4.77. The molecule has 1 aromatic heterocycles. The van der Waals surface area contributed by atoms with E-state index in [1.54, 1.807) is 11.3 Å². The Kier molecular flexibility index (Phi) is 3.78. The maximum absolute atomic E-state index is 5.49. The summed E-state index contributed by atoms with van der Waals surface area (Å²) < 4.78 is 6.38. The lowest BCUT2D eigenvalue weighted by Gasteiger charge is -2.03. The van der Waals surface area contributed by atoms with E-state index in [2.05, 4.69) is 26.2 Å². The van der Waals surface area contributed by atoms with Gasteiger partial charge in [-0.05, 0) is 34.7 Å². The molecule has 0 atom stereocenters. The van der Waals surface area contributed by atoms with Gasteiger partial charge in [-0.25, -0.2) is 4.98 Å². The van der Waals surface area contributed by atoms with E-state index in [1.165, 1.54) is 12.8 Å². The van der Waals surface area contributed by atoms with E-state index in [1.807, 2.05) is 5.38 Å². The summed E-state index contributed by atoms with van der Waals surface area (Å²) in [5.41, 5.74) is 0. The van der Waals surface area contributed by atoms with Crippen molar-refractivity contribution in [3.63, 3.8) is 0 Å². The van der Waals surface area contributed by atoms with Crippen molar-refractivity contribution < 1.29 is 4.74 Å². The SMILES string of the molecule is Brc1csc(NCCOCC2CC2)n1. The standard InChI is InChI=1S/C9H13BrN2OS/c10-8-6-14-9(12-8)11-3-4-13-5-7-1-2-7/h6-7H,1-5H2,(H,11,12). The molecule has 0 radical (unpaired) electrons. The van der Waals surface area contributed by atoms with E-state index in [4.69, 9.17) is 4.74 Å². The minimum Gasteiger partial charge on any atom is -0.379 e. The zero-order valence-electron chi connectivity index (χ0n) is 7.83. The van der Waals surface area contributed by atoms with Gasteiger partial charge in [0.2, 0.25) is 0 Å². The first-order valence-corrected chi connectivity index (χ1v) is 6.44. The van der Waals surface area contributed by atoms with Crippen LogP contribution in [0.1, 0.15) is 12.8 Å². The molecular weight excluding hydrogens is 264 g/mol. The molecule has 3 nitrogen and oxygen atoms in total. The molecule has 14 heavy (non-hydrogen) atoms. The Morgan fingerprint density at radius 3 is 3.14 bits per heavy atom. The van der Waals surface area contributed by atoms with Crippen LogP contribution in [0, 0.1) is 5.92 Å². The van der Waals surface area contributed by atoms with Crippen LogP contribution in [0.2, 0.25) is 0 Å². The monoisotopic (exact) mass is 276 g/mol. The third-order valence-electron chi connectivity index (χ3n) is 2.05. The lowest BCUT2D eigenvalue weighted by Crippen LogP contribution is -2.10. The Bertz CT molecular complexity index is 288. The Hall–Kier alpha value is -0.130. The second kappa shape index (κ2) is 5.09. The highest BCUT2D eigenvalue weighted by Gasteiger charge is 2.20. The number of nitrogens with one attached hydrogen (secondary N) is 1. The highest BCUT2D eigenvalue weighted by molar-refractivity contribution is 9.10. The van der Waals surface area contributed by atoms with Crippen molar-refractivity contribution in [2.24, 2.45) is 5.92 Å². The molecule has 2 rings (SSSR count). The average molecular weight is 277 g/mol. The molecule has 1 saturated carbocycles. The predicted octanol–water partition coefficient (Wildman–Crippen LogP) is 2.74. The van der Waals surface area contributed by atoms with Gasteiger partial charge in [0.15, 0.2) is 5.13 Å². The first kappa shape index (κ1) is 10.4. The number of hydrogen-bond donors (Lipinski definition) is 1. The molecule has 1 aliphatic rings. The number of rotatable bonds is 6. The Morgan fingerprint density at radius 1 is 1.64 bits per heavy atom. The molecule has 0 spiro atoms. The van der Waals surface area contributed by atoms with Crippen LogP contribution >= 0.6 is 27.3 Å². The summed E-state index contributed by atoms with van der Waals surface area (Å²) in [7, 11) is 0. The first-order chi connectivity index (χ1) is 6.84. The Morgan fingerprint density at radius 2 is 2.50 bits per heavy atom. The number of ether oxygens (including phenoxy) is 1. The maximum Gasteiger partial charge on any atom is 0.183 e. The molecular formula is C9H13BrN2OS. The molecule has 1 N–H and O–H groups in total. The molecule has 0 unspecified atom stereocenters. The largest absolute Gasteiger partial charge is 0.379 e. The minimum absolute atomic E-state index is 0.772. The van der Waals surface area contributed by atoms with Crippen LogP contribution in [0.25, 0.3) is 0 Å². The second-order valence-corrected chi connectivity index (χ2v) is 5.09. The lowest BCUT2D eigenvalue weighted by atomic mass is 10.5. The fourth-order valence-corrected chi connectivity index (χ4v) is 2.27. The summed E-state index contributed by atoms with van der Waals surface area (Å²) in [5.74, 6) is 0.851. The number of nitrogens with zero attached hydrogens (tertiary/aromatic N) is 1. The zero-order chi connectivity index (χ0) is 9.80. The minimum atomic E-state index is 0.772. The fourth-order valence-electron chi connectivity index (χ4n) is 1.10. The molecule has 0 aliphatic heterocycles. The Balaban J connectivity index is 1.53. The number of halogens is 1. The molecule has 0 bridgehead atoms. The van der Waals surface area contributed by atoms with Crippen molar-refractivity contribution in [2.45, 2.75) is 12.8 Å². The summed E-state index contributed by atoms with van der Waals surface area (Å²) >= 11 is 4.91. The lowest BCUT2D eigenvalue weighted by molar-refractivity contribution is 0.134. The molecule has 1 aliphatic carbocycles. The molecule has 0 saturated heterocycles. The number of hydrogen-bond acceptors (Lipinski definition) is 4. The van der Waals surface area contributed by atoms with Gasteiger partial charge in [0.1, 0.15) is 4.60 Å². The molecule has 0 aromatic carbocycles. The molecule has 1 aromatic rings. The normalized spacial score (nSPS) is 15.8. The maximum atomic E-state index is 5.49. The Labute approximate surface area is 96.0 Å². The van der Waals surface area contributed by atoms with E-state index < -0.39 is 0 Å². The van der Waals surface area contributed by atoms with Gasteiger partial charge >= 0.3 is 0 Å². The topological polar surface area (TPSA) is 34.1 Å². The van der Waals surface area contributed by atoms with E-state index >= 15 is 0 Å². The van der Waals surface area contributed by atoms with Crippen molar-refractivity contribution in [1.82, 2.24) is 4.98 Å². The van der Waals surface area contributed by atoms with Crippen LogP contribution in [0.4, 0.5) is 5.13 Å². The summed E-state index contributed by atoms with van der Waals surface area (Å²) in [6, 6.07) is 0. The summed E-state index contributed by atoms with van der Waals surface area (Å²) in [6.07, 6.45) is 2.71. The summed E-state index contributed by atoms with van der Waals surface area (Å²) in [5, 5.41) is 6.13. The molecule has 78 valence electrons. The van der Waals surface area contributed by atoms with E-state index in [9.17, 15) is 0 Å². The van der Waals surface area contributed by atoms with Gasteiger partial charge in [-0.2, -0.15) is 0 Å². The van der Waals surface area contributed by atoms with Crippen LogP contribution in [-0.2, 0) is 4.74 Å². The highest BCUT2D eigenvalue weighted by Crippen LogP contribution is 2.28. The van der Waals surface area contributed by atoms with Crippen LogP contribution in [0.15, 0.2) is 9.98 Å². The van der Waals surface area contributed by atoms with Gasteiger partial charge in [0.25, 0.3) is 0 Å². The molecule has 1 fully saturated rings. The third-order valence-corrected chi connectivity index (χ3v) is 3.56. The van der Waals surface area contributed by atoms with Gasteiger partial charge in [-0.3, -0.25) is 0 Å². The summed E-state index contributed by atoms with van der Waals surface area (Å²) in [4.78, 5) is 4.22. The van der Waals surface area contributed by atoms with Crippen LogP contribution in [0.5, 0.6) is 0 Å². The van der Waals surface area contributed by atoms with Crippen molar-refractivity contribution >= 4 is 32.4 Å². The van der Waals surface area contributed by atoms with E-state index in [0.29, 0.717) is 0 Å². The van der Waals surface area contributed by atoms with Crippen molar-refractivity contribution in [2.75, 3.05) is 25.1 Å². The number of aromatic nitrogens is 1. The number of anilines is 1. The molecule has 0 amide bonds. The molecule has 5 heteroatoms. The van der Waals surface area contributed by atoms with E-state index in [0.717, 1.165) is 35.4 Å². The van der Waals surface area contributed by atoms with Crippen LogP contribution in [-0.4, -0.2) is 24.7 Å². The van der Waals surface area contributed by atoms with Gasteiger partial charge in [0, 0.05) is 18.5 Å². The fraction of sp³-hybridized carbons (Fsp3) is 0.667. The average Bonchev–Trinajstić information content (AvgIpc) is 2.89. The highest BCUT2D eigenvalue weighted by atomic mass is 79.9. The van der Waals surface area contributed by atoms with Crippen molar-refractivity contribution in [3.8, 4) is 0 Å². The van der Waals surface area contributed by atoms with Gasteiger partial charge in [-0.1, -0.05) is 0 Å².